The van der Waals surface area contributed by atoms with Crippen molar-refractivity contribution in [3.63, 3.8) is 0 Å². The fourth-order valence-corrected chi connectivity index (χ4v) is 1.59. The van der Waals surface area contributed by atoms with Gasteiger partial charge < -0.3 is 11.1 Å². The molecule has 5 nitrogen and oxygen atoms in total. The summed E-state index contributed by atoms with van der Waals surface area (Å²) < 4.78 is 0. The molecule has 90 valence electrons. The van der Waals surface area contributed by atoms with Gasteiger partial charge in [-0.25, -0.2) is 9.97 Å². The zero-order valence-electron chi connectivity index (χ0n) is 9.96. The Morgan fingerprint density at radius 3 is 2.78 bits per heavy atom. The van der Waals surface area contributed by atoms with E-state index in [1.807, 2.05) is 37.3 Å². The summed E-state index contributed by atoms with van der Waals surface area (Å²) in [6.45, 7) is 2.01. The van der Waals surface area contributed by atoms with Crippen LogP contribution in [0.2, 0.25) is 0 Å². The van der Waals surface area contributed by atoms with E-state index in [4.69, 9.17) is 11.0 Å². The molecule has 2 rings (SSSR count). The molecule has 1 unspecified atom stereocenters. The Morgan fingerprint density at radius 2 is 2.17 bits per heavy atom. The zero-order chi connectivity index (χ0) is 13.0. The van der Waals surface area contributed by atoms with E-state index in [2.05, 4.69) is 15.3 Å². The van der Waals surface area contributed by atoms with Crippen LogP contribution in [0.4, 0.5) is 11.5 Å². The molecular weight excluding hydrogens is 226 g/mol. The highest BCUT2D eigenvalue weighted by molar-refractivity contribution is 5.44. The predicted molar refractivity (Wildman–Crippen MR) is 69.6 cm³/mol. The zero-order valence-corrected chi connectivity index (χ0v) is 9.96. The number of hydrogen-bond acceptors (Lipinski definition) is 5. The smallest absolute Gasteiger partial charge is 0.158 e. The van der Waals surface area contributed by atoms with E-state index in [0.29, 0.717) is 11.5 Å². The quantitative estimate of drug-likeness (QED) is 0.801. The van der Waals surface area contributed by atoms with E-state index >= 15 is 0 Å². The molecule has 0 bridgehead atoms. The van der Waals surface area contributed by atoms with Crippen molar-refractivity contribution in [2.75, 3.05) is 11.1 Å². The fraction of sp³-hybridized carbons (Fsp3) is 0.154. The number of rotatable bonds is 3. The van der Waals surface area contributed by atoms with Crippen LogP contribution in [0.3, 0.4) is 0 Å². The SMILES string of the molecule is CC(Nc1cnc(C#N)cn1)c1cccc(N)c1. The molecule has 0 fully saturated rings. The number of nitrogens with one attached hydrogen (secondary N) is 1. The minimum Gasteiger partial charge on any atom is -0.399 e. The second-order valence-corrected chi connectivity index (χ2v) is 3.93. The van der Waals surface area contributed by atoms with Gasteiger partial charge in [0.25, 0.3) is 0 Å². The number of benzene rings is 1. The molecule has 0 aliphatic carbocycles. The van der Waals surface area contributed by atoms with Crippen LogP contribution < -0.4 is 11.1 Å². The second kappa shape index (κ2) is 5.15. The van der Waals surface area contributed by atoms with Crippen LogP contribution in [0, 0.1) is 11.3 Å². The third-order valence-electron chi connectivity index (χ3n) is 2.54. The van der Waals surface area contributed by atoms with Gasteiger partial charge in [-0.1, -0.05) is 12.1 Å². The first-order chi connectivity index (χ1) is 8.69. The van der Waals surface area contributed by atoms with Gasteiger partial charge in [0, 0.05) is 5.69 Å². The van der Waals surface area contributed by atoms with Gasteiger partial charge in [-0.3, -0.25) is 0 Å². The van der Waals surface area contributed by atoms with Gasteiger partial charge in [0.15, 0.2) is 5.69 Å². The highest BCUT2D eigenvalue weighted by Gasteiger charge is 2.06. The summed E-state index contributed by atoms with van der Waals surface area (Å²) >= 11 is 0. The van der Waals surface area contributed by atoms with Crippen molar-refractivity contribution in [1.82, 2.24) is 9.97 Å². The van der Waals surface area contributed by atoms with Crippen molar-refractivity contribution in [3.05, 3.63) is 47.9 Å². The Labute approximate surface area is 105 Å². The van der Waals surface area contributed by atoms with Gasteiger partial charge in [-0.05, 0) is 24.6 Å². The summed E-state index contributed by atoms with van der Waals surface area (Å²) in [6, 6.07) is 9.65. The van der Waals surface area contributed by atoms with Crippen molar-refractivity contribution in [1.29, 1.82) is 5.26 Å². The number of nitriles is 1. The van der Waals surface area contributed by atoms with Crippen LogP contribution in [-0.2, 0) is 0 Å². The average Bonchev–Trinajstić information content (AvgIpc) is 2.39. The van der Waals surface area contributed by atoms with Crippen LogP contribution in [0.1, 0.15) is 24.2 Å². The van der Waals surface area contributed by atoms with Crippen molar-refractivity contribution >= 4 is 11.5 Å². The molecule has 1 heterocycles. The molecular formula is C13H13N5. The van der Waals surface area contributed by atoms with Gasteiger partial charge in [0.05, 0.1) is 18.4 Å². The first kappa shape index (κ1) is 11.9. The fourth-order valence-electron chi connectivity index (χ4n) is 1.59. The highest BCUT2D eigenvalue weighted by atomic mass is 15.0. The van der Waals surface area contributed by atoms with Crippen molar-refractivity contribution in [2.45, 2.75) is 13.0 Å². The second-order valence-electron chi connectivity index (χ2n) is 3.93. The lowest BCUT2D eigenvalue weighted by Crippen LogP contribution is -2.08. The number of hydrogen-bond donors (Lipinski definition) is 2. The highest BCUT2D eigenvalue weighted by Crippen LogP contribution is 2.19. The number of nitrogens with two attached hydrogens (primary N) is 1. The first-order valence-corrected chi connectivity index (χ1v) is 5.53. The maximum Gasteiger partial charge on any atom is 0.158 e. The average molecular weight is 239 g/mol. The summed E-state index contributed by atoms with van der Waals surface area (Å²) in [7, 11) is 0. The van der Waals surface area contributed by atoms with E-state index in [0.717, 1.165) is 11.3 Å². The molecule has 0 saturated heterocycles. The van der Waals surface area contributed by atoms with Crippen LogP contribution in [-0.4, -0.2) is 9.97 Å². The van der Waals surface area contributed by atoms with Gasteiger partial charge in [-0.2, -0.15) is 5.26 Å². The Morgan fingerprint density at radius 1 is 1.33 bits per heavy atom. The lowest BCUT2D eigenvalue weighted by Gasteiger charge is -2.14. The van der Waals surface area contributed by atoms with E-state index in [-0.39, 0.29) is 6.04 Å². The van der Waals surface area contributed by atoms with Crippen molar-refractivity contribution < 1.29 is 0 Å². The molecule has 1 atom stereocenters. The lowest BCUT2D eigenvalue weighted by molar-refractivity contribution is 0.871. The maximum atomic E-state index is 8.63. The van der Waals surface area contributed by atoms with Crippen LogP contribution in [0.25, 0.3) is 0 Å². The first-order valence-electron chi connectivity index (χ1n) is 5.53. The summed E-state index contributed by atoms with van der Waals surface area (Å²) in [5.74, 6) is 0.629. The molecule has 18 heavy (non-hydrogen) atoms. The standard InChI is InChI=1S/C13H13N5/c1-9(10-3-2-4-11(15)5-10)18-13-8-16-12(6-14)7-17-13/h2-5,7-9H,15H2,1H3,(H,17,18). The molecule has 2 aromatic rings. The Kier molecular flexibility index (Phi) is 3.39. The topological polar surface area (TPSA) is 87.6 Å². The Hall–Kier alpha value is -2.61. The van der Waals surface area contributed by atoms with E-state index in [1.54, 1.807) is 6.20 Å². The lowest BCUT2D eigenvalue weighted by atomic mass is 10.1. The van der Waals surface area contributed by atoms with E-state index in [1.165, 1.54) is 6.20 Å². The maximum absolute atomic E-state index is 8.63. The van der Waals surface area contributed by atoms with Gasteiger partial charge in [-0.15, -0.1) is 0 Å². The molecule has 0 aliphatic heterocycles. The summed E-state index contributed by atoms with van der Waals surface area (Å²) in [4.78, 5) is 8.06. The third-order valence-corrected chi connectivity index (χ3v) is 2.54. The number of nitrogen functional groups attached to an aromatic ring is 1. The molecule has 1 aromatic carbocycles. The molecule has 5 heteroatoms. The van der Waals surface area contributed by atoms with Crippen molar-refractivity contribution in [3.8, 4) is 6.07 Å². The molecule has 0 radical (unpaired) electrons. The molecule has 0 aliphatic rings. The minimum atomic E-state index is 0.0655. The summed E-state index contributed by atoms with van der Waals surface area (Å²) in [5, 5.41) is 11.8. The molecule has 1 aromatic heterocycles. The van der Waals surface area contributed by atoms with E-state index < -0.39 is 0 Å². The van der Waals surface area contributed by atoms with Crippen LogP contribution >= 0.6 is 0 Å². The van der Waals surface area contributed by atoms with Crippen LogP contribution in [0.5, 0.6) is 0 Å². The molecule has 0 saturated carbocycles. The van der Waals surface area contributed by atoms with E-state index in [9.17, 15) is 0 Å². The predicted octanol–water partition coefficient (Wildman–Crippen LogP) is 2.10. The monoisotopic (exact) mass is 239 g/mol. The van der Waals surface area contributed by atoms with Crippen molar-refractivity contribution in [2.24, 2.45) is 0 Å². The number of aromatic nitrogens is 2. The van der Waals surface area contributed by atoms with Crippen LogP contribution in [0.15, 0.2) is 36.7 Å². The summed E-state index contributed by atoms with van der Waals surface area (Å²) in [5.41, 5.74) is 7.84. The van der Waals surface area contributed by atoms with Gasteiger partial charge in [0.1, 0.15) is 11.9 Å². The number of nitrogens with zero attached hydrogens (tertiary/aromatic N) is 3. The van der Waals surface area contributed by atoms with Gasteiger partial charge >= 0.3 is 0 Å². The largest absolute Gasteiger partial charge is 0.399 e. The molecule has 0 spiro atoms. The minimum absolute atomic E-state index is 0.0655. The molecule has 3 N–H and O–H groups in total. The normalized spacial score (nSPS) is 11.6. The molecule has 0 amide bonds. The third kappa shape index (κ3) is 2.74. The Balaban J connectivity index is 2.11. The summed E-state index contributed by atoms with van der Waals surface area (Å²) in [6.07, 6.45) is 2.98. The van der Waals surface area contributed by atoms with Gasteiger partial charge in [0.2, 0.25) is 0 Å². The number of anilines is 2. The Bertz CT molecular complexity index is 571.